The number of aromatic nitrogens is 3. The van der Waals surface area contributed by atoms with Gasteiger partial charge in [0.05, 0.1) is 17.4 Å². The van der Waals surface area contributed by atoms with E-state index in [1.165, 1.54) is 0 Å². The lowest BCUT2D eigenvalue weighted by Crippen LogP contribution is -2.00. The van der Waals surface area contributed by atoms with E-state index < -0.39 is 0 Å². The molecule has 2 aromatic heterocycles. The van der Waals surface area contributed by atoms with Gasteiger partial charge in [0.2, 0.25) is 0 Å². The summed E-state index contributed by atoms with van der Waals surface area (Å²) in [7, 11) is 0. The number of para-hydroxylation sites is 1. The molecule has 0 unspecified atom stereocenters. The number of ketones is 1. The van der Waals surface area contributed by atoms with E-state index in [4.69, 9.17) is 0 Å². The molecule has 0 atom stereocenters. The molecule has 4 nitrogen and oxygen atoms in total. The van der Waals surface area contributed by atoms with Crippen LogP contribution in [0.2, 0.25) is 0 Å². The second-order valence-corrected chi connectivity index (χ2v) is 4.08. The summed E-state index contributed by atoms with van der Waals surface area (Å²) in [5, 5.41) is 4.21. The highest BCUT2D eigenvalue weighted by Gasteiger charge is 2.11. The molecule has 3 rings (SSSR count). The molecular formula is C15H11N3O. The summed E-state index contributed by atoms with van der Waals surface area (Å²) >= 11 is 0. The number of carbonyl (C=O) groups excluding carboxylic acids is 1. The van der Waals surface area contributed by atoms with E-state index in [2.05, 4.69) is 10.1 Å². The van der Waals surface area contributed by atoms with Crippen LogP contribution in [0.15, 0.2) is 67.3 Å². The van der Waals surface area contributed by atoms with Crippen molar-refractivity contribution in [2.24, 2.45) is 0 Å². The molecule has 0 radical (unpaired) electrons. The van der Waals surface area contributed by atoms with Gasteiger partial charge < -0.3 is 0 Å². The Kier molecular flexibility index (Phi) is 2.90. The van der Waals surface area contributed by atoms with Gasteiger partial charge >= 0.3 is 0 Å². The molecule has 0 aliphatic heterocycles. The largest absolute Gasteiger partial charge is 0.288 e. The zero-order valence-corrected chi connectivity index (χ0v) is 10.1. The van der Waals surface area contributed by atoms with Crippen LogP contribution >= 0.6 is 0 Å². The molecule has 3 aromatic rings. The lowest BCUT2D eigenvalue weighted by atomic mass is 10.1. The molecule has 0 spiro atoms. The Balaban J connectivity index is 1.92. The van der Waals surface area contributed by atoms with E-state index in [9.17, 15) is 4.79 Å². The topological polar surface area (TPSA) is 47.8 Å². The van der Waals surface area contributed by atoms with Gasteiger partial charge in [-0.3, -0.25) is 9.78 Å². The highest BCUT2D eigenvalue weighted by molar-refractivity contribution is 6.08. The summed E-state index contributed by atoms with van der Waals surface area (Å²) in [4.78, 5) is 16.1. The number of carbonyl (C=O) groups is 1. The van der Waals surface area contributed by atoms with Crippen molar-refractivity contribution in [1.82, 2.24) is 14.8 Å². The predicted octanol–water partition coefficient (Wildman–Crippen LogP) is 2.50. The van der Waals surface area contributed by atoms with E-state index >= 15 is 0 Å². The molecule has 0 aliphatic rings. The fraction of sp³-hybridized carbons (Fsp3) is 0. The molecule has 0 aliphatic carbocycles. The van der Waals surface area contributed by atoms with Crippen molar-refractivity contribution in [1.29, 1.82) is 0 Å². The monoisotopic (exact) mass is 249 g/mol. The van der Waals surface area contributed by atoms with Crippen molar-refractivity contribution >= 4 is 5.78 Å². The molecule has 19 heavy (non-hydrogen) atoms. The Morgan fingerprint density at radius 1 is 0.947 bits per heavy atom. The summed E-state index contributed by atoms with van der Waals surface area (Å²) in [6, 6.07) is 13.2. The van der Waals surface area contributed by atoms with E-state index in [1.807, 2.05) is 30.3 Å². The number of nitrogens with zero attached hydrogens (tertiary/aromatic N) is 3. The van der Waals surface area contributed by atoms with Gasteiger partial charge in [-0.1, -0.05) is 18.2 Å². The molecule has 4 heteroatoms. The lowest BCUT2D eigenvalue weighted by Gasteiger charge is -1.99. The quantitative estimate of drug-likeness (QED) is 0.670. The molecular weight excluding hydrogens is 238 g/mol. The van der Waals surface area contributed by atoms with Crippen LogP contribution in [0.1, 0.15) is 15.9 Å². The summed E-state index contributed by atoms with van der Waals surface area (Å²) in [6.45, 7) is 0. The fourth-order valence-corrected chi connectivity index (χ4v) is 1.83. The van der Waals surface area contributed by atoms with Crippen LogP contribution in [0.25, 0.3) is 5.69 Å². The summed E-state index contributed by atoms with van der Waals surface area (Å²) in [5.74, 6) is -0.0738. The average molecular weight is 249 g/mol. The van der Waals surface area contributed by atoms with E-state index in [0.717, 1.165) is 5.69 Å². The number of pyridine rings is 1. The zero-order chi connectivity index (χ0) is 13.1. The van der Waals surface area contributed by atoms with Crippen LogP contribution in [0.5, 0.6) is 0 Å². The normalized spacial score (nSPS) is 10.3. The van der Waals surface area contributed by atoms with Crippen LogP contribution in [-0.4, -0.2) is 20.5 Å². The first kappa shape index (κ1) is 11.3. The van der Waals surface area contributed by atoms with Crippen LogP contribution in [0.4, 0.5) is 0 Å². The standard InChI is InChI=1S/C15H11N3O/c19-15(12-5-4-8-16-9-12)13-10-17-18(11-13)14-6-2-1-3-7-14/h1-11H. The van der Waals surface area contributed by atoms with Gasteiger partial charge in [-0.25, -0.2) is 4.68 Å². The third-order valence-electron chi connectivity index (χ3n) is 2.79. The molecule has 0 saturated heterocycles. The maximum absolute atomic E-state index is 12.2. The summed E-state index contributed by atoms with van der Waals surface area (Å²) in [5.41, 5.74) is 2.04. The van der Waals surface area contributed by atoms with Crippen molar-refractivity contribution in [2.45, 2.75) is 0 Å². The SMILES string of the molecule is O=C(c1cccnc1)c1cnn(-c2ccccc2)c1. The number of hydrogen-bond donors (Lipinski definition) is 0. The second kappa shape index (κ2) is 4.86. The number of rotatable bonds is 3. The molecule has 0 amide bonds. The lowest BCUT2D eigenvalue weighted by molar-refractivity contribution is 0.103. The van der Waals surface area contributed by atoms with Crippen molar-refractivity contribution in [3.63, 3.8) is 0 Å². The van der Waals surface area contributed by atoms with Crippen LogP contribution in [0.3, 0.4) is 0 Å². The smallest absolute Gasteiger partial charge is 0.197 e. The third-order valence-corrected chi connectivity index (χ3v) is 2.79. The number of hydrogen-bond acceptors (Lipinski definition) is 3. The Morgan fingerprint density at radius 3 is 2.53 bits per heavy atom. The van der Waals surface area contributed by atoms with Crippen molar-refractivity contribution in [3.8, 4) is 5.69 Å². The Morgan fingerprint density at radius 2 is 1.79 bits per heavy atom. The summed E-state index contributed by atoms with van der Waals surface area (Å²) < 4.78 is 1.68. The molecule has 0 N–H and O–H groups in total. The first-order valence-electron chi connectivity index (χ1n) is 5.89. The minimum absolute atomic E-state index is 0.0738. The maximum Gasteiger partial charge on any atom is 0.197 e. The average Bonchev–Trinajstić information content (AvgIpc) is 2.98. The van der Waals surface area contributed by atoms with Gasteiger partial charge in [0, 0.05) is 24.2 Å². The molecule has 0 bridgehead atoms. The van der Waals surface area contributed by atoms with E-state index in [0.29, 0.717) is 11.1 Å². The Labute approximate surface area is 110 Å². The molecule has 2 heterocycles. The fourth-order valence-electron chi connectivity index (χ4n) is 1.83. The van der Waals surface area contributed by atoms with Crippen LogP contribution in [0, 0.1) is 0 Å². The molecule has 92 valence electrons. The van der Waals surface area contributed by atoms with Gasteiger partial charge in [-0.05, 0) is 24.3 Å². The predicted molar refractivity (Wildman–Crippen MR) is 71.2 cm³/mol. The number of benzene rings is 1. The molecule has 0 saturated carbocycles. The van der Waals surface area contributed by atoms with E-state index in [-0.39, 0.29) is 5.78 Å². The van der Waals surface area contributed by atoms with E-state index in [1.54, 1.807) is 41.6 Å². The minimum atomic E-state index is -0.0738. The molecule has 1 aromatic carbocycles. The van der Waals surface area contributed by atoms with Gasteiger partial charge in [0.15, 0.2) is 5.78 Å². The van der Waals surface area contributed by atoms with Crippen molar-refractivity contribution < 1.29 is 4.79 Å². The van der Waals surface area contributed by atoms with Crippen molar-refractivity contribution in [2.75, 3.05) is 0 Å². The van der Waals surface area contributed by atoms with Crippen LogP contribution < -0.4 is 0 Å². The highest BCUT2D eigenvalue weighted by Crippen LogP contribution is 2.11. The zero-order valence-electron chi connectivity index (χ0n) is 10.1. The maximum atomic E-state index is 12.2. The Bertz CT molecular complexity index is 690. The first-order chi connectivity index (χ1) is 9.34. The minimum Gasteiger partial charge on any atom is -0.288 e. The first-order valence-corrected chi connectivity index (χ1v) is 5.89. The van der Waals surface area contributed by atoms with Gasteiger partial charge in [-0.2, -0.15) is 5.10 Å². The molecule has 0 fully saturated rings. The van der Waals surface area contributed by atoms with Crippen molar-refractivity contribution in [3.05, 3.63) is 78.4 Å². The third kappa shape index (κ3) is 2.28. The van der Waals surface area contributed by atoms with Gasteiger partial charge in [0.25, 0.3) is 0 Å². The van der Waals surface area contributed by atoms with Crippen LogP contribution in [-0.2, 0) is 0 Å². The Hall–Kier alpha value is -2.75. The van der Waals surface area contributed by atoms with Gasteiger partial charge in [0.1, 0.15) is 0 Å². The second-order valence-electron chi connectivity index (χ2n) is 4.08. The van der Waals surface area contributed by atoms with Gasteiger partial charge in [-0.15, -0.1) is 0 Å². The highest BCUT2D eigenvalue weighted by atomic mass is 16.1. The summed E-state index contributed by atoms with van der Waals surface area (Å²) in [6.07, 6.45) is 6.50.